The predicted molar refractivity (Wildman–Crippen MR) is 85.2 cm³/mol. The Labute approximate surface area is 134 Å². The highest BCUT2D eigenvalue weighted by atomic mass is 32.2. The van der Waals surface area contributed by atoms with Gasteiger partial charge in [0.15, 0.2) is 4.91 Å². The van der Waals surface area contributed by atoms with Crippen LogP contribution in [0.25, 0.3) is 0 Å². The average molecular weight is 328 g/mol. The molecule has 23 heavy (non-hydrogen) atoms. The molecule has 0 amide bonds. The molecule has 1 heterocycles. The molecule has 116 valence electrons. The van der Waals surface area contributed by atoms with Gasteiger partial charge in [-0.05, 0) is 36.2 Å². The van der Waals surface area contributed by atoms with Gasteiger partial charge in [0.2, 0.25) is 9.84 Å². The van der Waals surface area contributed by atoms with Crippen molar-refractivity contribution in [1.82, 2.24) is 0 Å². The molecule has 0 spiro atoms. The summed E-state index contributed by atoms with van der Waals surface area (Å²) in [5, 5.41) is 9.16. The third kappa shape index (κ3) is 2.39. The van der Waals surface area contributed by atoms with Gasteiger partial charge in [0.1, 0.15) is 16.8 Å². The molecule has 1 aliphatic heterocycles. The van der Waals surface area contributed by atoms with Gasteiger partial charge in [0, 0.05) is 11.9 Å². The van der Waals surface area contributed by atoms with Crippen LogP contribution in [0.2, 0.25) is 0 Å². The monoisotopic (exact) mass is 328 g/mol. The smallest absolute Gasteiger partial charge is 0.223 e. The molecular weight excluding hydrogens is 315 g/mol. The number of rotatable bonds is 2. The van der Waals surface area contributed by atoms with Crippen molar-refractivity contribution in [2.75, 3.05) is 4.90 Å². The van der Waals surface area contributed by atoms with Gasteiger partial charge in [-0.25, -0.2) is 12.8 Å². The molecule has 0 saturated heterocycles. The van der Waals surface area contributed by atoms with E-state index in [0.717, 1.165) is 18.1 Å². The molecule has 1 aliphatic rings. The van der Waals surface area contributed by atoms with Crippen molar-refractivity contribution in [1.29, 1.82) is 5.26 Å². The Morgan fingerprint density at radius 2 is 1.96 bits per heavy atom. The number of anilines is 2. The van der Waals surface area contributed by atoms with Gasteiger partial charge in [-0.15, -0.1) is 0 Å². The second-order valence-corrected chi connectivity index (χ2v) is 6.95. The first-order valence-corrected chi connectivity index (χ1v) is 8.51. The summed E-state index contributed by atoms with van der Waals surface area (Å²) < 4.78 is 39.0. The van der Waals surface area contributed by atoms with E-state index in [0.29, 0.717) is 5.69 Å². The zero-order chi connectivity index (χ0) is 16.6. The minimum absolute atomic E-state index is 0.206. The Morgan fingerprint density at radius 3 is 2.65 bits per heavy atom. The molecule has 0 radical (unpaired) electrons. The third-order valence-corrected chi connectivity index (χ3v) is 5.43. The molecule has 0 bridgehead atoms. The van der Waals surface area contributed by atoms with Crippen molar-refractivity contribution in [3.8, 4) is 6.07 Å². The summed E-state index contributed by atoms with van der Waals surface area (Å²) in [6, 6.07) is 13.2. The molecule has 0 fully saturated rings. The van der Waals surface area contributed by atoms with Gasteiger partial charge >= 0.3 is 0 Å². The summed E-state index contributed by atoms with van der Waals surface area (Å²) >= 11 is 0. The van der Waals surface area contributed by atoms with Crippen LogP contribution in [0.5, 0.6) is 0 Å². The van der Waals surface area contributed by atoms with Crippen LogP contribution < -0.4 is 4.90 Å². The van der Waals surface area contributed by atoms with Gasteiger partial charge in [0.25, 0.3) is 0 Å². The summed E-state index contributed by atoms with van der Waals surface area (Å²) in [4.78, 5) is 0.606. The number of aryl methyl sites for hydroxylation is 1. The average Bonchev–Trinajstić information content (AvgIpc) is 2.54. The van der Waals surface area contributed by atoms with Gasteiger partial charge in [-0.3, -0.25) is 0 Å². The highest BCUT2D eigenvalue weighted by Gasteiger charge is 2.34. The van der Waals surface area contributed by atoms with Crippen LogP contribution >= 0.6 is 0 Å². The van der Waals surface area contributed by atoms with E-state index in [1.807, 2.05) is 25.1 Å². The van der Waals surface area contributed by atoms with E-state index in [1.54, 1.807) is 12.1 Å². The normalized spacial score (nSPS) is 15.5. The molecular formula is C17H13FN2O2S. The van der Waals surface area contributed by atoms with Crippen molar-refractivity contribution in [3.63, 3.8) is 0 Å². The van der Waals surface area contributed by atoms with Crippen molar-refractivity contribution in [2.24, 2.45) is 0 Å². The summed E-state index contributed by atoms with van der Waals surface area (Å²) in [5.41, 5.74) is 1.94. The lowest BCUT2D eigenvalue weighted by atomic mass is 10.1. The van der Waals surface area contributed by atoms with E-state index in [2.05, 4.69) is 0 Å². The number of hydrogen-bond donors (Lipinski definition) is 0. The largest absolute Gasteiger partial charge is 0.314 e. The van der Waals surface area contributed by atoms with E-state index in [-0.39, 0.29) is 5.69 Å². The Hall–Kier alpha value is -2.65. The van der Waals surface area contributed by atoms with Crippen LogP contribution in [0.1, 0.15) is 12.5 Å². The number of allylic oxidation sites excluding steroid dienone is 1. The fourth-order valence-electron chi connectivity index (χ4n) is 2.55. The lowest BCUT2D eigenvalue weighted by Crippen LogP contribution is -2.22. The molecule has 0 aliphatic carbocycles. The Morgan fingerprint density at radius 1 is 1.22 bits per heavy atom. The number of fused-ring (bicyclic) bond motifs is 1. The molecule has 2 aromatic carbocycles. The molecule has 0 unspecified atom stereocenters. The highest BCUT2D eigenvalue weighted by Crippen LogP contribution is 2.40. The van der Waals surface area contributed by atoms with Crippen LogP contribution in [0.3, 0.4) is 0 Å². The van der Waals surface area contributed by atoms with Crippen LogP contribution in [-0.2, 0) is 16.3 Å². The highest BCUT2D eigenvalue weighted by molar-refractivity contribution is 7.95. The van der Waals surface area contributed by atoms with Crippen molar-refractivity contribution >= 4 is 21.2 Å². The maximum absolute atomic E-state index is 14.2. The van der Waals surface area contributed by atoms with Gasteiger partial charge < -0.3 is 4.90 Å². The molecule has 0 atom stereocenters. The zero-order valence-electron chi connectivity index (χ0n) is 12.3. The molecule has 0 N–H and O–H groups in total. The summed E-state index contributed by atoms with van der Waals surface area (Å²) in [5.74, 6) is -0.861. The molecule has 6 heteroatoms. The quantitative estimate of drug-likeness (QED) is 0.844. The van der Waals surface area contributed by atoms with Crippen molar-refractivity contribution in [2.45, 2.75) is 18.2 Å². The third-order valence-electron chi connectivity index (χ3n) is 3.72. The Bertz CT molecular complexity index is 959. The second-order valence-electron chi connectivity index (χ2n) is 5.09. The van der Waals surface area contributed by atoms with E-state index in [1.165, 1.54) is 23.2 Å². The minimum atomic E-state index is -4.14. The topological polar surface area (TPSA) is 61.2 Å². The van der Waals surface area contributed by atoms with Crippen LogP contribution in [0, 0.1) is 17.1 Å². The molecule has 0 saturated carbocycles. The zero-order valence-corrected chi connectivity index (χ0v) is 13.1. The van der Waals surface area contributed by atoms with E-state index >= 15 is 0 Å². The van der Waals surface area contributed by atoms with E-state index in [9.17, 15) is 12.8 Å². The van der Waals surface area contributed by atoms with E-state index < -0.39 is 25.5 Å². The maximum Gasteiger partial charge on any atom is 0.223 e. The van der Waals surface area contributed by atoms with Gasteiger partial charge in [-0.1, -0.05) is 25.1 Å². The number of halogens is 1. The summed E-state index contributed by atoms with van der Waals surface area (Å²) in [7, 11) is -4.14. The van der Waals surface area contributed by atoms with Crippen LogP contribution in [0.4, 0.5) is 15.8 Å². The van der Waals surface area contributed by atoms with Crippen LogP contribution in [0.15, 0.2) is 58.5 Å². The Balaban J connectivity index is 2.30. The number of nitriles is 1. The standard InChI is InChI=1S/C17H13FN2O2S/c1-2-12-5-3-6-13(9-12)20-11-14(10-19)23(21,22)17-15(18)7-4-8-16(17)20/h3-9,11H,2H2,1H3. The first kappa shape index (κ1) is 15.3. The lowest BCUT2D eigenvalue weighted by molar-refractivity contribution is 0.570. The summed E-state index contributed by atoms with van der Waals surface area (Å²) in [6.45, 7) is 2.00. The molecule has 3 rings (SSSR count). The van der Waals surface area contributed by atoms with Crippen molar-refractivity contribution < 1.29 is 12.8 Å². The number of nitrogens with zero attached hydrogens (tertiary/aromatic N) is 2. The van der Waals surface area contributed by atoms with Gasteiger partial charge in [0.05, 0.1) is 5.69 Å². The Kier molecular flexibility index (Phi) is 3.66. The van der Waals surface area contributed by atoms with Crippen LogP contribution in [-0.4, -0.2) is 8.42 Å². The molecule has 4 nitrogen and oxygen atoms in total. The van der Waals surface area contributed by atoms with Crippen molar-refractivity contribution in [3.05, 3.63) is 65.0 Å². The first-order valence-electron chi connectivity index (χ1n) is 7.02. The minimum Gasteiger partial charge on any atom is -0.314 e. The number of benzene rings is 2. The molecule has 0 aromatic heterocycles. The van der Waals surface area contributed by atoms with Gasteiger partial charge in [-0.2, -0.15) is 5.26 Å². The number of hydrogen-bond acceptors (Lipinski definition) is 4. The first-order chi connectivity index (χ1) is 11.0. The summed E-state index contributed by atoms with van der Waals surface area (Å²) in [6.07, 6.45) is 2.05. The molecule has 2 aromatic rings. The predicted octanol–water partition coefficient (Wildman–Crippen LogP) is 3.68. The number of sulfone groups is 1. The fraction of sp³-hybridized carbons (Fsp3) is 0.118. The SMILES string of the molecule is CCc1cccc(N2C=C(C#N)S(=O)(=O)c3c(F)cccc32)c1. The maximum atomic E-state index is 14.2. The second kappa shape index (κ2) is 5.52. The fourth-order valence-corrected chi connectivity index (χ4v) is 3.90. The van der Waals surface area contributed by atoms with E-state index in [4.69, 9.17) is 5.26 Å². The lowest BCUT2D eigenvalue weighted by Gasteiger charge is -2.28.